The van der Waals surface area contributed by atoms with Crippen molar-refractivity contribution in [3.8, 4) is 0 Å². The van der Waals surface area contributed by atoms with Gasteiger partial charge in [-0.25, -0.2) is 0 Å². The lowest BCUT2D eigenvalue weighted by atomic mass is 9.61. The topological polar surface area (TPSA) is 47.0 Å². The molecule has 1 heterocycles. The van der Waals surface area contributed by atoms with Gasteiger partial charge in [0.15, 0.2) is 11.6 Å². The first kappa shape index (κ1) is 16.1. The average Bonchev–Trinajstić information content (AvgIpc) is 2.48. The molecule has 23 heavy (non-hydrogen) atoms. The van der Waals surface area contributed by atoms with Crippen LogP contribution in [0.4, 0.5) is 0 Å². The van der Waals surface area contributed by atoms with E-state index in [0.29, 0.717) is 5.56 Å². The van der Waals surface area contributed by atoms with Crippen molar-refractivity contribution in [2.24, 2.45) is 0 Å². The van der Waals surface area contributed by atoms with Gasteiger partial charge in [0, 0.05) is 21.9 Å². The molecule has 0 spiro atoms. The third kappa shape index (κ3) is 3.13. The highest BCUT2D eigenvalue weighted by molar-refractivity contribution is 9.10. The van der Waals surface area contributed by atoms with Crippen molar-refractivity contribution in [2.75, 3.05) is 0 Å². The molecule has 3 nitrogen and oxygen atoms in total. The molecular weight excluding hydrogens is 354 g/mol. The van der Waals surface area contributed by atoms with Crippen LogP contribution in [0, 0.1) is 6.92 Å². The second-order valence-electron chi connectivity index (χ2n) is 6.15. The first-order valence-electron chi connectivity index (χ1n) is 7.76. The van der Waals surface area contributed by atoms with Crippen molar-refractivity contribution in [2.45, 2.75) is 38.0 Å². The first-order chi connectivity index (χ1) is 11.0. The normalized spacial score (nSPS) is 15.7. The van der Waals surface area contributed by atoms with E-state index < -0.39 is 5.41 Å². The van der Waals surface area contributed by atoms with Crippen molar-refractivity contribution in [1.82, 2.24) is 4.98 Å². The molecule has 0 amide bonds. The first-order valence-corrected chi connectivity index (χ1v) is 8.56. The quantitative estimate of drug-likeness (QED) is 0.577. The third-order valence-electron chi connectivity index (χ3n) is 4.69. The Morgan fingerprint density at radius 2 is 1.83 bits per heavy atom. The molecule has 0 unspecified atom stereocenters. The Bertz CT molecular complexity index is 731. The molecule has 1 fully saturated rings. The third-order valence-corrected chi connectivity index (χ3v) is 5.22. The van der Waals surface area contributed by atoms with Gasteiger partial charge in [0.05, 0.1) is 11.8 Å². The molecule has 0 saturated heterocycles. The molecule has 0 bridgehead atoms. The Morgan fingerprint density at radius 3 is 2.35 bits per heavy atom. The maximum atomic E-state index is 12.8. The van der Waals surface area contributed by atoms with Crippen LogP contribution in [-0.4, -0.2) is 16.6 Å². The SMILES string of the molecule is Cc1ccc(C(=O)CC(=O)C2(c3ccc(Br)cc3)CCC2)cn1. The molecule has 3 rings (SSSR count). The minimum absolute atomic E-state index is 0.0247. The van der Waals surface area contributed by atoms with Gasteiger partial charge in [0.2, 0.25) is 0 Å². The predicted molar refractivity (Wildman–Crippen MR) is 92.6 cm³/mol. The van der Waals surface area contributed by atoms with E-state index in [4.69, 9.17) is 0 Å². The van der Waals surface area contributed by atoms with Crippen LogP contribution in [0.1, 0.15) is 47.3 Å². The van der Waals surface area contributed by atoms with Gasteiger partial charge in [-0.1, -0.05) is 34.5 Å². The summed E-state index contributed by atoms with van der Waals surface area (Å²) in [6.07, 6.45) is 4.18. The van der Waals surface area contributed by atoms with Crippen molar-refractivity contribution in [3.63, 3.8) is 0 Å². The van der Waals surface area contributed by atoms with E-state index in [-0.39, 0.29) is 18.0 Å². The zero-order valence-corrected chi connectivity index (χ0v) is 14.6. The second-order valence-corrected chi connectivity index (χ2v) is 7.07. The summed E-state index contributed by atoms with van der Waals surface area (Å²) in [6, 6.07) is 11.4. The lowest BCUT2D eigenvalue weighted by Gasteiger charge is -2.41. The van der Waals surface area contributed by atoms with E-state index in [1.165, 1.54) is 0 Å². The minimum Gasteiger partial charge on any atom is -0.298 e. The van der Waals surface area contributed by atoms with E-state index in [1.54, 1.807) is 18.3 Å². The fraction of sp³-hybridized carbons (Fsp3) is 0.316. The molecule has 1 saturated carbocycles. The maximum Gasteiger partial charge on any atom is 0.171 e. The maximum absolute atomic E-state index is 12.8. The molecule has 1 aromatic heterocycles. The van der Waals surface area contributed by atoms with E-state index in [2.05, 4.69) is 20.9 Å². The van der Waals surface area contributed by atoms with Crippen molar-refractivity contribution >= 4 is 27.5 Å². The summed E-state index contributed by atoms with van der Waals surface area (Å²) in [6.45, 7) is 1.87. The summed E-state index contributed by atoms with van der Waals surface area (Å²) in [5, 5.41) is 0. The van der Waals surface area contributed by atoms with Gasteiger partial charge in [-0.3, -0.25) is 14.6 Å². The number of hydrogen-bond donors (Lipinski definition) is 0. The minimum atomic E-state index is -0.478. The highest BCUT2D eigenvalue weighted by Crippen LogP contribution is 2.45. The molecule has 0 N–H and O–H groups in total. The Morgan fingerprint density at radius 1 is 1.13 bits per heavy atom. The standard InChI is InChI=1S/C19H18BrNO2/c1-13-3-4-14(12-21-13)17(22)11-18(23)19(9-2-10-19)15-5-7-16(20)8-6-15/h3-8,12H,2,9-11H2,1H3. The van der Waals surface area contributed by atoms with Crippen molar-refractivity contribution in [1.29, 1.82) is 0 Å². The lowest BCUT2D eigenvalue weighted by Crippen LogP contribution is -2.43. The molecule has 0 aliphatic heterocycles. The monoisotopic (exact) mass is 371 g/mol. The number of carbonyl (C=O) groups is 2. The molecule has 1 aromatic carbocycles. The van der Waals surface area contributed by atoms with E-state index in [1.807, 2.05) is 31.2 Å². The van der Waals surface area contributed by atoms with E-state index >= 15 is 0 Å². The Balaban J connectivity index is 1.79. The van der Waals surface area contributed by atoms with Gasteiger partial charge in [0.25, 0.3) is 0 Å². The fourth-order valence-electron chi connectivity index (χ4n) is 3.08. The smallest absolute Gasteiger partial charge is 0.171 e. The van der Waals surface area contributed by atoms with Gasteiger partial charge < -0.3 is 0 Å². The number of nitrogens with zero attached hydrogens (tertiary/aromatic N) is 1. The Kier molecular flexibility index (Phi) is 4.44. The summed E-state index contributed by atoms with van der Waals surface area (Å²) in [5.41, 5.74) is 1.91. The largest absolute Gasteiger partial charge is 0.298 e. The molecule has 1 aliphatic rings. The highest BCUT2D eigenvalue weighted by atomic mass is 79.9. The number of benzene rings is 1. The summed E-state index contributed by atoms with van der Waals surface area (Å²) >= 11 is 3.42. The van der Waals surface area contributed by atoms with Crippen molar-refractivity contribution in [3.05, 3.63) is 63.9 Å². The van der Waals surface area contributed by atoms with E-state index in [9.17, 15) is 9.59 Å². The van der Waals surface area contributed by atoms with Gasteiger partial charge in [0.1, 0.15) is 0 Å². The molecule has 1 aliphatic carbocycles. The Hall–Kier alpha value is -1.81. The van der Waals surface area contributed by atoms with Crippen LogP contribution < -0.4 is 0 Å². The van der Waals surface area contributed by atoms with Crippen LogP contribution in [-0.2, 0) is 10.2 Å². The van der Waals surface area contributed by atoms with Crippen LogP contribution >= 0.6 is 15.9 Å². The molecule has 2 aromatic rings. The molecule has 4 heteroatoms. The second kappa shape index (κ2) is 6.36. The van der Waals surface area contributed by atoms with Gasteiger partial charge in [-0.2, -0.15) is 0 Å². The number of hydrogen-bond acceptors (Lipinski definition) is 3. The molecule has 118 valence electrons. The van der Waals surface area contributed by atoms with Crippen molar-refractivity contribution < 1.29 is 9.59 Å². The molecular formula is C19H18BrNO2. The highest BCUT2D eigenvalue weighted by Gasteiger charge is 2.45. The lowest BCUT2D eigenvalue weighted by molar-refractivity contribution is -0.126. The predicted octanol–water partition coefficient (Wildman–Crippen LogP) is 4.42. The molecule has 0 radical (unpaired) electrons. The summed E-state index contributed by atoms with van der Waals surface area (Å²) in [4.78, 5) is 29.3. The van der Waals surface area contributed by atoms with Crippen LogP contribution in [0.5, 0.6) is 0 Å². The van der Waals surface area contributed by atoms with Crippen LogP contribution in [0.3, 0.4) is 0 Å². The van der Waals surface area contributed by atoms with Crippen LogP contribution in [0.25, 0.3) is 0 Å². The number of carbonyl (C=O) groups excluding carboxylic acids is 2. The summed E-state index contributed by atoms with van der Waals surface area (Å²) < 4.78 is 0.991. The van der Waals surface area contributed by atoms with Crippen LogP contribution in [0.15, 0.2) is 47.1 Å². The van der Waals surface area contributed by atoms with Gasteiger partial charge in [-0.15, -0.1) is 0 Å². The number of aryl methyl sites for hydroxylation is 1. The number of Topliss-reactive ketones (excluding diaryl/α,β-unsaturated/α-hetero) is 2. The van der Waals surface area contributed by atoms with Crippen LogP contribution in [0.2, 0.25) is 0 Å². The number of aromatic nitrogens is 1. The fourth-order valence-corrected chi connectivity index (χ4v) is 3.34. The van der Waals surface area contributed by atoms with Gasteiger partial charge in [-0.05, 0) is 49.6 Å². The summed E-state index contributed by atoms with van der Waals surface area (Å²) in [7, 11) is 0. The van der Waals surface area contributed by atoms with E-state index in [0.717, 1.165) is 35.0 Å². The zero-order valence-electron chi connectivity index (χ0n) is 13.0. The number of halogens is 1. The Labute approximate surface area is 144 Å². The van der Waals surface area contributed by atoms with Gasteiger partial charge >= 0.3 is 0 Å². The summed E-state index contributed by atoms with van der Waals surface area (Å²) in [5.74, 6) is -0.123. The number of rotatable bonds is 5. The average molecular weight is 372 g/mol. The molecule has 0 atom stereocenters. The zero-order chi connectivity index (χ0) is 16.4. The number of pyridine rings is 1. The number of ketones is 2.